The number of amides is 1. The van der Waals surface area contributed by atoms with Crippen LogP contribution >= 0.6 is 11.3 Å². The molecule has 0 fully saturated rings. The number of benzene rings is 2. The van der Waals surface area contributed by atoms with Crippen molar-refractivity contribution in [3.05, 3.63) is 59.5 Å². The fourth-order valence-electron chi connectivity index (χ4n) is 2.67. The van der Waals surface area contributed by atoms with Gasteiger partial charge in [0.05, 0.1) is 21.3 Å². The molecule has 0 aliphatic rings. The summed E-state index contributed by atoms with van der Waals surface area (Å²) >= 11 is 1.12. The molecule has 2 aromatic carbocycles. The van der Waals surface area contributed by atoms with Gasteiger partial charge in [0, 0.05) is 29.1 Å². The van der Waals surface area contributed by atoms with E-state index in [2.05, 4.69) is 10.0 Å². The van der Waals surface area contributed by atoms with E-state index in [0.717, 1.165) is 11.3 Å². The average Bonchev–Trinajstić information content (AvgIpc) is 3.29. The molecule has 0 saturated carbocycles. The number of hydrogen-bond acceptors (Lipinski definition) is 7. The molecular formula is C20H20N2O6S2. The van der Waals surface area contributed by atoms with E-state index in [9.17, 15) is 13.2 Å². The number of carbonyl (C=O) groups is 1. The van der Waals surface area contributed by atoms with Crippen LogP contribution in [0.25, 0.3) is 0 Å². The lowest BCUT2D eigenvalue weighted by molar-refractivity contribution is 0.102. The summed E-state index contributed by atoms with van der Waals surface area (Å²) < 4.78 is 43.1. The number of ether oxygens (including phenoxy) is 3. The van der Waals surface area contributed by atoms with Crippen LogP contribution < -0.4 is 24.2 Å². The number of methoxy groups -OCH3 is 3. The molecule has 0 radical (unpaired) electrons. The predicted octanol–water partition coefficient (Wildman–Crippen LogP) is 3.83. The zero-order chi connectivity index (χ0) is 21.7. The molecule has 3 aromatic rings. The van der Waals surface area contributed by atoms with Gasteiger partial charge in [-0.2, -0.15) is 0 Å². The van der Waals surface area contributed by atoms with E-state index in [1.807, 2.05) is 0 Å². The maximum Gasteiger partial charge on any atom is 0.271 e. The average molecular weight is 449 g/mol. The first-order valence-corrected chi connectivity index (χ1v) is 11.0. The van der Waals surface area contributed by atoms with Gasteiger partial charge in [-0.25, -0.2) is 8.42 Å². The van der Waals surface area contributed by atoms with Crippen molar-refractivity contribution in [3.63, 3.8) is 0 Å². The highest BCUT2D eigenvalue weighted by Gasteiger charge is 2.17. The number of thiophene rings is 1. The minimum atomic E-state index is -3.65. The SMILES string of the molecule is COc1cc(NC(=O)c2ccc(NS(=O)(=O)c3cccs3)cc2)cc(OC)c1OC. The molecule has 1 amide bonds. The third-order valence-electron chi connectivity index (χ3n) is 4.08. The Labute approximate surface area is 178 Å². The first kappa shape index (κ1) is 21.5. The van der Waals surface area contributed by atoms with Crippen LogP contribution in [0.1, 0.15) is 10.4 Å². The van der Waals surface area contributed by atoms with Gasteiger partial charge in [-0.1, -0.05) is 6.07 Å². The van der Waals surface area contributed by atoms with Gasteiger partial charge in [-0.3, -0.25) is 9.52 Å². The van der Waals surface area contributed by atoms with Crippen molar-refractivity contribution in [2.75, 3.05) is 31.4 Å². The van der Waals surface area contributed by atoms with Crippen molar-refractivity contribution in [3.8, 4) is 17.2 Å². The minimum absolute atomic E-state index is 0.215. The highest BCUT2D eigenvalue weighted by Crippen LogP contribution is 2.40. The van der Waals surface area contributed by atoms with Gasteiger partial charge in [0.2, 0.25) is 5.75 Å². The largest absolute Gasteiger partial charge is 0.493 e. The molecule has 0 spiro atoms. The van der Waals surface area contributed by atoms with Gasteiger partial charge in [0.15, 0.2) is 11.5 Å². The first-order chi connectivity index (χ1) is 14.4. The molecule has 10 heteroatoms. The number of sulfonamides is 1. The molecule has 158 valence electrons. The maximum atomic E-state index is 12.6. The van der Waals surface area contributed by atoms with Gasteiger partial charge in [-0.15, -0.1) is 11.3 Å². The molecule has 1 aromatic heterocycles. The van der Waals surface area contributed by atoms with Gasteiger partial charge < -0.3 is 19.5 Å². The summed E-state index contributed by atoms with van der Waals surface area (Å²) in [7, 11) is 0.818. The monoisotopic (exact) mass is 448 g/mol. The highest BCUT2D eigenvalue weighted by molar-refractivity contribution is 7.94. The minimum Gasteiger partial charge on any atom is -0.493 e. The van der Waals surface area contributed by atoms with Gasteiger partial charge in [-0.05, 0) is 35.7 Å². The second kappa shape index (κ2) is 9.06. The molecular weight excluding hydrogens is 428 g/mol. The van der Waals surface area contributed by atoms with E-state index in [1.165, 1.54) is 51.7 Å². The van der Waals surface area contributed by atoms with Crippen LogP contribution in [0.5, 0.6) is 17.2 Å². The third kappa shape index (κ3) is 4.66. The fourth-order valence-corrected chi connectivity index (χ4v) is 4.72. The van der Waals surface area contributed by atoms with Gasteiger partial charge in [0.1, 0.15) is 4.21 Å². The Kier molecular flexibility index (Phi) is 6.48. The molecule has 0 aliphatic carbocycles. The summed E-state index contributed by atoms with van der Waals surface area (Å²) in [6.07, 6.45) is 0. The van der Waals surface area contributed by atoms with Crippen molar-refractivity contribution in [2.24, 2.45) is 0 Å². The smallest absolute Gasteiger partial charge is 0.271 e. The van der Waals surface area contributed by atoms with Crippen molar-refractivity contribution >= 4 is 38.6 Å². The zero-order valence-corrected chi connectivity index (χ0v) is 18.1. The van der Waals surface area contributed by atoms with E-state index in [-0.39, 0.29) is 10.1 Å². The Hall–Kier alpha value is -3.24. The quantitative estimate of drug-likeness (QED) is 0.543. The van der Waals surface area contributed by atoms with Crippen LogP contribution in [0.4, 0.5) is 11.4 Å². The van der Waals surface area contributed by atoms with Gasteiger partial charge >= 0.3 is 0 Å². The molecule has 0 aliphatic heterocycles. The molecule has 8 nitrogen and oxygen atoms in total. The Bertz CT molecular complexity index is 1100. The molecule has 0 saturated heterocycles. The maximum absolute atomic E-state index is 12.6. The number of carbonyl (C=O) groups excluding carboxylic acids is 1. The van der Waals surface area contributed by atoms with E-state index < -0.39 is 10.0 Å². The molecule has 3 rings (SSSR count). The summed E-state index contributed by atoms with van der Waals surface area (Å²) in [5.41, 5.74) is 1.16. The topological polar surface area (TPSA) is 103 Å². The van der Waals surface area contributed by atoms with Crippen molar-refractivity contribution in [1.29, 1.82) is 0 Å². The summed E-state index contributed by atoms with van der Waals surface area (Å²) in [5.74, 6) is 0.855. The second-order valence-electron chi connectivity index (χ2n) is 5.98. The summed E-state index contributed by atoms with van der Waals surface area (Å²) in [5, 5.41) is 4.44. The lowest BCUT2D eigenvalue weighted by Gasteiger charge is -2.14. The van der Waals surface area contributed by atoms with E-state index in [0.29, 0.717) is 34.2 Å². The molecule has 30 heavy (non-hydrogen) atoms. The van der Waals surface area contributed by atoms with Crippen LogP contribution in [0.3, 0.4) is 0 Å². The molecule has 0 atom stereocenters. The van der Waals surface area contributed by atoms with Crippen molar-refractivity contribution in [1.82, 2.24) is 0 Å². The molecule has 1 heterocycles. The Morgan fingerprint density at radius 2 is 1.53 bits per heavy atom. The molecule has 0 unspecified atom stereocenters. The molecule has 2 N–H and O–H groups in total. The van der Waals surface area contributed by atoms with Crippen LogP contribution in [0.15, 0.2) is 58.1 Å². The standard InChI is InChI=1S/C20H20N2O6S2/c1-26-16-11-15(12-17(27-2)19(16)28-3)21-20(23)13-6-8-14(9-7-13)22-30(24,25)18-5-4-10-29-18/h4-12,22H,1-3H3,(H,21,23). The zero-order valence-electron chi connectivity index (χ0n) is 16.5. The van der Waals surface area contributed by atoms with Crippen LogP contribution in [-0.4, -0.2) is 35.7 Å². The summed E-state index contributed by atoms with van der Waals surface area (Å²) in [4.78, 5) is 12.6. The Morgan fingerprint density at radius 3 is 2.03 bits per heavy atom. The number of nitrogens with one attached hydrogen (secondary N) is 2. The molecule has 0 bridgehead atoms. The first-order valence-electron chi connectivity index (χ1n) is 8.65. The predicted molar refractivity (Wildman–Crippen MR) is 116 cm³/mol. The van der Waals surface area contributed by atoms with Crippen molar-refractivity contribution in [2.45, 2.75) is 4.21 Å². The van der Waals surface area contributed by atoms with Crippen molar-refractivity contribution < 1.29 is 27.4 Å². The number of rotatable bonds is 8. The van der Waals surface area contributed by atoms with Gasteiger partial charge in [0.25, 0.3) is 15.9 Å². The lowest BCUT2D eigenvalue weighted by Crippen LogP contribution is -2.13. The third-order valence-corrected chi connectivity index (χ3v) is 6.86. The van der Waals surface area contributed by atoms with E-state index in [4.69, 9.17) is 14.2 Å². The number of anilines is 2. The van der Waals surface area contributed by atoms with Crippen LogP contribution in [0, 0.1) is 0 Å². The number of hydrogen-bond donors (Lipinski definition) is 2. The van der Waals surface area contributed by atoms with Crippen LogP contribution in [0.2, 0.25) is 0 Å². The van der Waals surface area contributed by atoms with E-state index in [1.54, 1.807) is 23.6 Å². The fraction of sp³-hybridized carbons (Fsp3) is 0.150. The normalized spacial score (nSPS) is 10.9. The highest BCUT2D eigenvalue weighted by atomic mass is 32.2. The summed E-state index contributed by atoms with van der Waals surface area (Å²) in [6.45, 7) is 0. The second-order valence-corrected chi connectivity index (χ2v) is 8.84. The summed E-state index contributed by atoms with van der Waals surface area (Å²) in [6, 6.07) is 12.5. The van der Waals surface area contributed by atoms with Crippen LogP contribution in [-0.2, 0) is 10.0 Å². The Morgan fingerprint density at radius 1 is 0.900 bits per heavy atom. The Balaban J connectivity index is 1.75. The van der Waals surface area contributed by atoms with E-state index >= 15 is 0 Å². The lowest BCUT2D eigenvalue weighted by atomic mass is 10.2.